The van der Waals surface area contributed by atoms with Gasteiger partial charge in [-0.2, -0.15) is 5.26 Å². The zero-order valence-electron chi connectivity index (χ0n) is 20.1. The second-order valence-electron chi connectivity index (χ2n) is 8.59. The van der Waals surface area contributed by atoms with E-state index in [1.165, 1.54) is 40.1 Å². The number of halogens is 1. The van der Waals surface area contributed by atoms with Gasteiger partial charge in [0.1, 0.15) is 22.6 Å². The number of rotatable bonds is 8. The number of fused-ring (bicyclic) bond motifs is 1. The Kier molecular flexibility index (Phi) is 7.53. The molecule has 0 saturated carbocycles. The molecule has 1 aliphatic carbocycles. The summed E-state index contributed by atoms with van der Waals surface area (Å²) in [6.07, 6.45) is 3.54. The number of thiophene rings is 1. The first-order valence-electron chi connectivity index (χ1n) is 11.9. The van der Waals surface area contributed by atoms with Crippen molar-refractivity contribution in [3.8, 4) is 17.5 Å². The van der Waals surface area contributed by atoms with Crippen LogP contribution in [0.15, 0.2) is 59.8 Å². The van der Waals surface area contributed by atoms with Crippen LogP contribution >= 0.6 is 23.1 Å². The Balaban J connectivity index is 1.34. The Morgan fingerprint density at radius 2 is 1.95 bits per heavy atom. The summed E-state index contributed by atoms with van der Waals surface area (Å²) in [6.45, 7) is 1.84. The number of nitriles is 1. The topological polar surface area (TPSA) is 92.8 Å². The minimum absolute atomic E-state index is 0.103. The highest BCUT2D eigenvalue weighted by Gasteiger charge is 2.24. The van der Waals surface area contributed by atoms with E-state index in [1.54, 1.807) is 12.1 Å². The van der Waals surface area contributed by atoms with Crippen molar-refractivity contribution in [1.82, 2.24) is 14.8 Å². The third-order valence-corrected chi connectivity index (χ3v) is 8.17. The van der Waals surface area contributed by atoms with Crippen molar-refractivity contribution in [1.29, 1.82) is 5.26 Å². The molecule has 1 aliphatic rings. The van der Waals surface area contributed by atoms with Crippen LogP contribution in [0.25, 0.3) is 5.69 Å². The Hall–Kier alpha value is -3.68. The van der Waals surface area contributed by atoms with E-state index in [0.29, 0.717) is 27.3 Å². The van der Waals surface area contributed by atoms with Gasteiger partial charge in [-0.1, -0.05) is 30.0 Å². The Morgan fingerprint density at radius 1 is 1.19 bits per heavy atom. The highest BCUT2D eigenvalue weighted by atomic mass is 32.2. The fourth-order valence-electron chi connectivity index (χ4n) is 4.29. The van der Waals surface area contributed by atoms with E-state index < -0.39 is 6.10 Å². The lowest BCUT2D eigenvalue weighted by Gasteiger charge is -2.16. The van der Waals surface area contributed by atoms with Crippen LogP contribution in [-0.4, -0.2) is 26.4 Å². The summed E-state index contributed by atoms with van der Waals surface area (Å²) in [7, 11) is 0. The first-order chi connectivity index (χ1) is 18.0. The van der Waals surface area contributed by atoms with Crippen LogP contribution in [0.2, 0.25) is 0 Å². The number of thioether (sulfide) groups is 1. The number of hydrogen-bond donors (Lipinski definition) is 1. The van der Waals surface area contributed by atoms with Crippen LogP contribution < -0.4 is 10.1 Å². The van der Waals surface area contributed by atoms with Crippen molar-refractivity contribution < 1.29 is 13.9 Å². The Labute approximate surface area is 222 Å². The second kappa shape index (κ2) is 11.2. The fourth-order valence-corrected chi connectivity index (χ4v) is 6.31. The molecule has 1 N–H and O–H groups in total. The molecule has 2 heterocycles. The van der Waals surface area contributed by atoms with E-state index in [2.05, 4.69) is 21.6 Å². The van der Waals surface area contributed by atoms with E-state index in [9.17, 15) is 14.4 Å². The molecule has 5 rings (SSSR count). The number of carbonyl (C=O) groups is 1. The van der Waals surface area contributed by atoms with Crippen LogP contribution in [0.5, 0.6) is 5.75 Å². The normalized spacial score (nSPS) is 13.4. The van der Waals surface area contributed by atoms with Crippen LogP contribution in [0.4, 0.5) is 9.39 Å². The molecule has 0 aliphatic heterocycles. The quantitative estimate of drug-likeness (QED) is 0.276. The maximum atomic E-state index is 13.3. The maximum absolute atomic E-state index is 13.3. The average molecular weight is 534 g/mol. The number of ether oxygens (including phenoxy) is 1. The zero-order valence-corrected chi connectivity index (χ0v) is 21.7. The molecule has 37 heavy (non-hydrogen) atoms. The molecule has 4 aromatic rings. The molecule has 7 nitrogen and oxygen atoms in total. The summed E-state index contributed by atoms with van der Waals surface area (Å²) in [5, 5.41) is 22.5. The summed E-state index contributed by atoms with van der Waals surface area (Å²) in [5.41, 5.74) is 2.52. The smallest absolute Gasteiger partial charge is 0.235 e. The summed E-state index contributed by atoms with van der Waals surface area (Å²) in [5.74, 6) is 0.619. The van der Waals surface area contributed by atoms with Gasteiger partial charge in [-0.25, -0.2) is 4.39 Å². The molecule has 10 heteroatoms. The molecular formula is C27H24FN5O2S2. The number of benzene rings is 2. The molecule has 0 bridgehead atoms. The highest BCUT2D eigenvalue weighted by molar-refractivity contribution is 7.99. The van der Waals surface area contributed by atoms with E-state index in [-0.39, 0.29) is 17.5 Å². The minimum atomic E-state index is -0.489. The number of para-hydroxylation sites is 1. The van der Waals surface area contributed by atoms with Gasteiger partial charge >= 0.3 is 0 Å². The number of carbonyl (C=O) groups excluding carboxylic acids is 1. The third kappa shape index (κ3) is 5.53. The number of nitrogens with zero attached hydrogens (tertiary/aromatic N) is 4. The predicted octanol–water partition coefficient (Wildman–Crippen LogP) is 6.09. The first-order valence-corrected chi connectivity index (χ1v) is 13.7. The molecule has 1 unspecified atom stereocenters. The monoisotopic (exact) mass is 533 g/mol. The van der Waals surface area contributed by atoms with Crippen molar-refractivity contribution in [2.45, 2.75) is 43.9 Å². The molecule has 0 saturated heterocycles. The molecule has 1 amide bonds. The highest BCUT2D eigenvalue weighted by Crippen LogP contribution is 2.38. The molecule has 1 atom stereocenters. The van der Waals surface area contributed by atoms with Gasteiger partial charge < -0.3 is 10.1 Å². The van der Waals surface area contributed by atoms with Gasteiger partial charge in [0.25, 0.3) is 0 Å². The number of hydrogen-bond acceptors (Lipinski definition) is 7. The molecular weight excluding hydrogens is 509 g/mol. The SMILES string of the molecule is CC(Oc1ccc(F)cc1)c1nnc(SCC(=O)Nc2sc3c(c2C#N)CCCC3)n1-c1ccccc1. The van der Waals surface area contributed by atoms with Gasteiger partial charge in [0.2, 0.25) is 5.91 Å². The van der Waals surface area contributed by atoms with Gasteiger partial charge in [-0.15, -0.1) is 21.5 Å². The number of aromatic nitrogens is 3. The average Bonchev–Trinajstić information content (AvgIpc) is 3.50. The standard InChI is InChI=1S/C27H24FN5O2S2/c1-17(35-20-13-11-18(28)12-14-20)25-31-32-27(33(25)19-7-3-2-4-8-19)36-16-24(34)30-26-22(15-29)21-9-5-6-10-23(21)37-26/h2-4,7-8,11-14,17H,5-6,9-10,16H2,1H3,(H,30,34). The lowest BCUT2D eigenvalue weighted by molar-refractivity contribution is -0.113. The summed E-state index contributed by atoms with van der Waals surface area (Å²) >= 11 is 2.77. The van der Waals surface area contributed by atoms with Crippen LogP contribution in [-0.2, 0) is 17.6 Å². The van der Waals surface area contributed by atoms with E-state index in [0.717, 1.165) is 36.9 Å². The Bertz CT molecular complexity index is 1440. The van der Waals surface area contributed by atoms with E-state index in [4.69, 9.17) is 4.74 Å². The zero-order chi connectivity index (χ0) is 25.8. The largest absolute Gasteiger partial charge is 0.483 e. The molecule has 2 aromatic carbocycles. The lowest BCUT2D eigenvalue weighted by atomic mass is 9.96. The predicted molar refractivity (Wildman–Crippen MR) is 142 cm³/mol. The number of anilines is 1. The molecule has 2 aromatic heterocycles. The first kappa shape index (κ1) is 25.0. The van der Waals surface area contributed by atoms with Gasteiger partial charge in [-0.3, -0.25) is 9.36 Å². The van der Waals surface area contributed by atoms with Crippen LogP contribution in [0.1, 0.15) is 47.7 Å². The number of aryl methyl sites for hydroxylation is 1. The van der Waals surface area contributed by atoms with Gasteiger partial charge in [-0.05, 0) is 74.6 Å². The van der Waals surface area contributed by atoms with Crippen molar-refractivity contribution >= 4 is 34.0 Å². The minimum Gasteiger partial charge on any atom is -0.483 e. The fraction of sp³-hybridized carbons (Fsp3) is 0.259. The summed E-state index contributed by atoms with van der Waals surface area (Å²) < 4.78 is 21.1. The van der Waals surface area contributed by atoms with Crippen molar-refractivity contribution in [2.75, 3.05) is 11.1 Å². The van der Waals surface area contributed by atoms with Crippen molar-refractivity contribution in [3.05, 3.63) is 82.2 Å². The third-order valence-electron chi connectivity index (χ3n) is 6.03. The van der Waals surface area contributed by atoms with E-state index >= 15 is 0 Å². The Morgan fingerprint density at radius 3 is 2.70 bits per heavy atom. The van der Waals surface area contributed by atoms with E-state index in [1.807, 2.05) is 41.8 Å². The molecule has 0 spiro atoms. The second-order valence-corrected chi connectivity index (χ2v) is 10.6. The van der Waals surface area contributed by atoms with Crippen LogP contribution in [0, 0.1) is 17.1 Å². The summed E-state index contributed by atoms with van der Waals surface area (Å²) in [6, 6.07) is 17.7. The molecule has 0 fully saturated rings. The maximum Gasteiger partial charge on any atom is 0.235 e. The number of amides is 1. The van der Waals surface area contributed by atoms with Crippen molar-refractivity contribution in [3.63, 3.8) is 0 Å². The van der Waals surface area contributed by atoms with Gasteiger partial charge in [0.15, 0.2) is 17.1 Å². The lowest BCUT2D eigenvalue weighted by Crippen LogP contribution is -2.15. The summed E-state index contributed by atoms with van der Waals surface area (Å²) in [4.78, 5) is 14.1. The molecule has 0 radical (unpaired) electrons. The van der Waals surface area contributed by atoms with Gasteiger partial charge in [0.05, 0.1) is 11.3 Å². The van der Waals surface area contributed by atoms with Gasteiger partial charge in [0, 0.05) is 10.6 Å². The van der Waals surface area contributed by atoms with Crippen molar-refractivity contribution in [2.24, 2.45) is 0 Å². The van der Waals surface area contributed by atoms with Crippen LogP contribution in [0.3, 0.4) is 0 Å². The molecule has 188 valence electrons. The number of nitrogens with one attached hydrogen (secondary N) is 1.